The highest BCUT2D eigenvalue weighted by Gasteiger charge is 2.06. The molecule has 2 rings (SSSR count). The van der Waals surface area contributed by atoms with Crippen molar-refractivity contribution >= 4 is 5.82 Å². The minimum Gasteiger partial charge on any atom is -0.329 e. The molecule has 0 aliphatic carbocycles. The van der Waals surface area contributed by atoms with Crippen LogP contribution in [-0.4, -0.2) is 11.5 Å². The zero-order valence-corrected chi connectivity index (χ0v) is 9.72. The predicted molar refractivity (Wildman–Crippen MR) is 68.2 cm³/mol. The quantitative estimate of drug-likeness (QED) is 0.747. The fourth-order valence-corrected chi connectivity index (χ4v) is 1.68. The summed E-state index contributed by atoms with van der Waals surface area (Å²) in [5.74, 6) is 0.992. The molecule has 0 unspecified atom stereocenters. The Hall–Kier alpha value is -1.83. The lowest BCUT2D eigenvalue weighted by atomic mass is 10.1. The van der Waals surface area contributed by atoms with E-state index in [4.69, 9.17) is 0 Å². The fraction of sp³-hybridized carbons (Fsp3) is 0.214. The molecule has 0 spiro atoms. The van der Waals surface area contributed by atoms with Gasteiger partial charge in [0.1, 0.15) is 5.82 Å². The Morgan fingerprint density at radius 2 is 2.25 bits per heavy atom. The van der Waals surface area contributed by atoms with Crippen LogP contribution in [0.4, 0.5) is 5.82 Å². The number of hydrogen-bond donors (Lipinski definition) is 0. The van der Waals surface area contributed by atoms with Crippen LogP contribution in [-0.2, 0) is 0 Å². The van der Waals surface area contributed by atoms with Gasteiger partial charge in [-0.3, -0.25) is 0 Å². The van der Waals surface area contributed by atoms with Crippen LogP contribution in [0.3, 0.4) is 0 Å². The van der Waals surface area contributed by atoms with E-state index in [2.05, 4.69) is 48.2 Å². The Morgan fingerprint density at radius 1 is 1.38 bits per heavy atom. The summed E-state index contributed by atoms with van der Waals surface area (Å²) in [5.41, 5.74) is 2.52. The van der Waals surface area contributed by atoms with E-state index in [0.717, 1.165) is 12.4 Å². The molecule has 2 nitrogen and oxygen atoms in total. The van der Waals surface area contributed by atoms with E-state index < -0.39 is 0 Å². The van der Waals surface area contributed by atoms with Crippen molar-refractivity contribution in [3.8, 4) is 0 Å². The minimum atomic E-state index is 0.886. The Kier molecular flexibility index (Phi) is 3.20. The summed E-state index contributed by atoms with van der Waals surface area (Å²) in [6.07, 6.45) is 10.4. The van der Waals surface area contributed by atoms with Crippen molar-refractivity contribution in [3.05, 3.63) is 60.0 Å². The first-order valence-electron chi connectivity index (χ1n) is 5.46. The van der Waals surface area contributed by atoms with Crippen LogP contribution < -0.4 is 4.90 Å². The summed E-state index contributed by atoms with van der Waals surface area (Å²) in [6, 6.07) is 5.97. The highest BCUT2D eigenvalue weighted by atomic mass is 15.2. The molecular weight excluding hydrogens is 196 g/mol. The maximum absolute atomic E-state index is 4.34. The molecule has 1 aromatic heterocycles. The Morgan fingerprint density at radius 3 is 2.94 bits per heavy atom. The summed E-state index contributed by atoms with van der Waals surface area (Å²) in [4.78, 5) is 6.49. The van der Waals surface area contributed by atoms with Crippen LogP contribution in [0.1, 0.15) is 13.8 Å². The van der Waals surface area contributed by atoms with Crippen LogP contribution in [0, 0.1) is 0 Å². The van der Waals surface area contributed by atoms with E-state index >= 15 is 0 Å². The second-order valence-corrected chi connectivity index (χ2v) is 4.09. The van der Waals surface area contributed by atoms with Crippen LogP contribution >= 0.6 is 0 Å². The second-order valence-electron chi connectivity index (χ2n) is 4.09. The van der Waals surface area contributed by atoms with Gasteiger partial charge in [0.15, 0.2) is 0 Å². The van der Waals surface area contributed by atoms with Crippen molar-refractivity contribution in [2.75, 3.05) is 11.4 Å². The number of anilines is 1. The van der Waals surface area contributed by atoms with E-state index in [1.54, 1.807) is 0 Å². The first kappa shape index (κ1) is 10.7. The van der Waals surface area contributed by atoms with Crippen molar-refractivity contribution < 1.29 is 0 Å². The molecule has 0 amide bonds. The average Bonchev–Trinajstić information content (AvgIpc) is 2.30. The van der Waals surface area contributed by atoms with Gasteiger partial charge in [0, 0.05) is 18.9 Å². The third kappa shape index (κ3) is 2.60. The number of rotatable bonds is 2. The van der Waals surface area contributed by atoms with Crippen LogP contribution in [0.2, 0.25) is 0 Å². The molecular formula is C14H16N2. The molecule has 0 aromatic carbocycles. The van der Waals surface area contributed by atoms with Gasteiger partial charge >= 0.3 is 0 Å². The van der Waals surface area contributed by atoms with Gasteiger partial charge in [0.2, 0.25) is 0 Å². The van der Waals surface area contributed by atoms with Crippen LogP contribution in [0.25, 0.3) is 0 Å². The third-order valence-corrected chi connectivity index (χ3v) is 2.32. The molecule has 0 fully saturated rings. The van der Waals surface area contributed by atoms with E-state index in [0.29, 0.717) is 0 Å². The number of aromatic nitrogens is 1. The highest BCUT2D eigenvalue weighted by molar-refractivity contribution is 5.49. The lowest BCUT2D eigenvalue weighted by Gasteiger charge is -2.21. The van der Waals surface area contributed by atoms with Gasteiger partial charge < -0.3 is 4.90 Å². The zero-order chi connectivity index (χ0) is 11.4. The van der Waals surface area contributed by atoms with Gasteiger partial charge in [-0.1, -0.05) is 29.9 Å². The van der Waals surface area contributed by atoms with Crippen LogP contribution in [0.15, 0.2) is 60.0 Å². The Bertz CT molecular complexity index is 437. The lowest BCUT2D eigenvalue weighted by molar-refractivity contribution is 1.02. The highest BCUT2D eigenvalue weighted by Crippen LogP contribution is 2.16. The van der Waals surface area contributed by atoms with E-state index in [-0.39, 0.29) is 0 Å². The molecule has 0 atom stereocenters. The molecule has 2 heterocycles. The number of pyridine rings is 1. The van der Waals surface area contributed by atoms with Crippen LogP contribution in [0.5, 0.6) is 0 Å². The average molecular weight is 212 g/mol. The predicted octanol–water partition coefficient (Wildman–Crippen LogP) is 3.31. The van der Waals surface area contributed by atoms with Gasteiger partial charge in [-0.25, -0.2) is 4.98 Å². The normalized spacial score (nSPS) is 14.6. The molecule has 0 bridgehead atoms. The zero-order valence-electron chi connectivity index (χ0n) is 9.72. The monoisotopic (exact) mass is 212 g/mol. The SMILES string of the molecule is CC(C)=CC1=CN(c2ccccn2)CC=C1. The minimum absolute atomic E-state index is 0.886. The Balaban J connectivity index is 2.23. The smallest absolute Gasteiger partial charge is 0.132 e. The van der Waals surface area contributed by atoms with Crippen molar-refractivity contribution in [1.29, 1.82) is 0 Å². The molecule has 16 heavy (non-hydrogen) atoms. The van der Waals surface area contributed by atoms with Gasteiger partial charge in [-0.15, -0.1) is 0 Å². The lowest BCUT2D eigenvalue weighted by Crippen LogP contribution is -2.19. The van der Waals surface area contributed by atoms with E-state index in [9.17, 15) is 0 Å². The molecule has 1 aliphatic heterocycles. The maximum atomic E-state index is 4.34. The molecule has 0 N–H and O–H groups in total. The third-order valence-electron chi connectivity index (χ3n) is 2.32. The van der Waals surface area contributed by atoms with Crippen molar-refractivity contribution in [3.63, 3.8) is 0 Å². The molecule has 1 aromatic rings. The van der Waals surface area contributed by atoms with Gasteiger partial charge in [0.05, 0.1) is 0 Å². The van der Waals surface area contributed by atoms with Gasteiger partial charge in [-0.05, 0) is 31.6 Å². The summed E-state index contributed by atoms with van der Waals surface area (Å²) in [5, 5.41) is 0. The number of hydrogen-bond acceptors (Lipinski definition) is 2. The Labute approximate surface area is 96.6 Å². The van der Waals surface area contributed by atoms with Crippen molar-refractivity contribution in [2.45, 2.75) is 13.8 Å². The molecule has 1 aliphatic rings. The maximum Gasteiger partial charge on any atom is 0.132 e. The molecule has 0 radical (unpaired) electrons. The fourth-order valence-electron chi connectivity index (χ4n) is 1.68. The molecule has 0 saturated carbocycles. The number of allylic oxidation sites excluding steroid dienone is 4. The van der Waals surface area contributed by atoms with Gasteiger partial charge in [0.25, 0.3) is 0 Å². The summed E-state index contributed by atoms with van der Waals surface area (Å²) < 4.78 is 0. The summed E-state index contributed by atoms with van der Waals surface area (Å²) >= 11 is 0. The van der Waals surface area contributed by atoms with Crippen molar-refractivity contribution in [1.82, 2.24) is 4.98 Å². The number of nitrogens with zero attached hydrogens (tertiary/aromatic N) is 2. The summed E-state index contributed by atoms with van der Waals surface area (Å²) in [6.45, 7) is 5.10. The standard InChI is InChI=1S/C14H16N2/c1-12(2)10-13-6-5-9-16(11-13)14-7-3-4-8-15-14/h3-8,10-11H,9H2,1-2H3. The first-order chi connectivity index (χ1) is 7.75. The summed E-state index contributed by atoms with van der Waals surface area (Å²) in [7, 11) is 0. The molecule has 2 heteroatoms. The van der Waals surface area contributed by atoms with Gasteiger partial charge in [-0.2, -0.15) is 0 Å². The largest absolute Gasteiger partial charge is 0.329 e. The van der Waals surface area contributed by atoms with E-state index in [1.807, 2.05) is 24.4 Å². The molecule has 82 valence electrons. The second kappa shape index (κ2) is 4.79. The van der Waals surface area contributed by atoms with Crippen molar-refractivity contribution in [2.24, 2.45) is 0 Å². The molecule has 0 saturated heterocycles. The first-order valence-corrected chi connectivity index (χ1v) is 5.46. The topological polar surface area (TPSA) is 16.1 Å². The van der Waals surface area contributed by atoms with E-state index in [1.165, 1.54) is 11.1 Å².